The van der Waals surface area contributed by atoms with Gasteiger partial charge in [-0.3, -0.25) is 4.79 Å². The highest BCUT2D eigenvalue weighted by atomic mass is 79.9. The van der Waals surface area contributed by atoms with E-state index in [9.17, 15) is 9.18 Å². The summed E-state index contributed by atoms with van der Waals surface area (Å²) < 4.78 is 13.7. The number of carbonyl (C=O) groups excluding carboxylic acids is 1. The van der Waals surface area contributed by atoms with Gasteiger partial charge in [-0.25, -0.2) is 4.39 Å². The van der Waals surface area contributed by atoms with Gasteiger partial charge >= 0.3 is 0 Å². The lowest BCUT2D eigenvalue weighted by Crippen LogP contribution is -2.24. The Labute approximate surface area is 88.7 Å². The number of carbonyl (C=O) groups is 1. The highest BCUT2D eigenvalue weighted by molar-refractivity contribution is 9.10. The summed E-state index contributed by atoms with van der Waals surface area (Å²) in [5, 5.41) is 10.5. The molecule has 0 aliphatic carbocycles. The number of hydrogen-bond acceptors (Lipinski definition) is 2. The molecular weight excluding hydrogens is 251 g/mol. The second kappa shape index (κ2) is 4.72. The topological polar surface area (TPSA) is 52.9 Å². The Balaban J connectivity index is 2.90. The highest BCUT2D eigenvalue weighted by Gasteiger charge is 2.10. The van der Waals surface area contributed by atoms with Crippen LogP contribution in [0.25, 0.3) is 0 Å². The molecule has 0 aliphatic rings. The minimum atomic E-state index is -0.608. The summed E-state index contributed by atoms with van der Waals surface area (Å²) in [6.45, 7) is -0.134. The monoisotopic (exact) mass is 256 g/mol. The van der Waals surface area contributed by atoms with Gasteiger partial charge in [0.25, 0.3) is 5.91 Å². The fourth-order valence-corrected chi connectivity index (χ4v) is 1.25. The molecule has 0 saturated heterocycles. The number of nitrogens with one attached hydrogen (secondary N) is 1. The maximum atomic E-state index is 13.1. The predicted molar refractivity (Wildman–Crippen MR) is 52.0 cm³/mol. The first kappa shape index (κ1) is 10.7. The Bertz CT molecular complexity index is 400. The third kappa shape index (κ3) is 2.54. The molecule has 1 N–H and O–H groups in total. The van der Waals surface area contributed by atoms with E-state index >= 15 is 0 Å². The van der Waals surface area contributed by atoms with Crippen molar-refractivity contribution >= 4 is 21.8 Å². The molecule has 0 aliphatic heterocycles. The van der Waals surface area contributed by atoms with Crippen molar-refractivity contribution < 1.29 is 9.18 Å². The van der Waals surface area contributed by atoms with E-state index in [1.165, 1.54) is 18.2 Å². The molecule has 5 heteroatoms. The number of halogens is 2. The fraction of sp³-hybridized carbons (Fsp3) is 0.111. The van der Waals surface area contributed by atoms with E-state index in [1.807, 2.05) is 0 Å². The van der Waals surface area contributed by atoms with Crippen LogP contribution < -0.4 is 5.32 Å². The lowest BCUT2D eigenvalue weighted by Gasteiger charge is -2.02. The van der Waals surface area contributed by atoms with Crippen LogP contribution in [-0.4, -0.2) is 12.5 Å². The second-order valence-corrected chi connectivity index (χ2v) is 3.38. The molecule has 1 rings (SSSR count). The summed E-state index contributed by atoms with van der Waals surface area (Å²) in [6.07, 6.45) is 0. The van der Waals surface area contributed by atoms with Crippen LogP contribution in [0.4, 0.5) is 4.39 Å². The van der Waals surface area contributed by atoms with E-state index < -0.39 is 11.7 Å². The van der Waals surface area contributed by atoms with Crippen LogP contribution in [0.5, 0.6) is 0 Å². The van der Waals surface area contributed by atoms with Gasteiger partial charge in [-0.1, -0.05) is 15.9 Å². The molecule has 0 saturated carbocycles. The third-order valence-electron chi connectivity index (χ3n) is 1.50. The number of rotatable bonds is 2. The number of hydrogen-bond donors (Lipinski definition) is 1. The maximum Gasteiger partial charge on any atom is 0.255 e. The van der Waals surface area contributed by atoms with Crippen molar-refractivity contribution in [2.45, 2.75) is 0 Å². The minimum absolute atomic E-state index is 0.0744. The van der Waals surface area contributed by atoms with Crippen LogP contribution in [0.1, 0.15) is 10.4 Å². The SMILES string of the molecule is N#CCNC(=O)c1cc(Br)ccc1F. The van der Waals surface area contributed by atoms with Gasteiger partial charge in [0.2, 0.25) is 0 Å². The van der Waals surface area contributed by atoms with Crippen molar-refractivity contribution in [1.82, 2.24) is 5.32 Å². The zero-order chi connectivity index (χ0) is 10.6. The zero-order valence-electron chi connectivity index (χ0n) is 7.05. The number of amides is 1. The van der Waals surface area contributed by atoms with Gasteiger partial charge in [0, 0.05) is 4.47 Å². The fourth-order valence-electron chi connectivity index (χ4n) is 0.887. The van der Waals surface area contributed by atoms with Crippen molar-refractivity contribution in [3.8, 4) is 6.07 Å². The van der Waals surface area contributed by atoms with Gasteiger partial charge in [-0.15, -0.1) is 0 Å². The Morgan fingerprint density at radius 2 is 2.36 bits per heavy atom. The molecular formula is C9H6BrFN2O. The van der Waals surface area contributed by atoms with Crippen molar-refractivity contribution in [3.05, 3.63) is 34.1 Å². The average Bonchev–Trinajstić information content (AvgIpc) is 2.18. The highest BCUT2D eigenvalue weighted by Crippen LogP contribution is 2.15. The predicted octanol–water partition coefficient (Wildman–Crippen LogP) is 1.84. The van der Waals surface area contributed by atoms with Crippen LogP contribution in [0.2, 0.25) is 0 Å². The first-order valence-electron chi connectivity index (χ1n) is 3.75. The van der Waals surface area contributed by atoms with Crippen LogP contribution >= 0.6 is 15.9 Å². The smallest absolute Gasteiger partial charge is 0.255 e. The van der Waals surface area contributed by atoms with Gasteiger partial charge in [-0.05, 0) is 18.2 Å². The molecule has 0 radical (unpaired) electrons. The molecule has 72 valence electrons. The molecule has 1 aromatic carbocycles. The molecule has 1 aromatic rings. The van der Waals surface area contributed by atoms with Crippen molar-refractivity contribution in [2.24, 2.45) is 0 Å². The second-order valence-electron chi connectivity index (χ2n) is 2.46. The van der Waals surface area contributed by atoms with E-state index in [4.69, 9.17) is 5.26 Å². The van der Waals surface area contributed by atoms with Crippen molar-refractivity contribution in [1.29, 1.82) is 5.26 Å². The molecule has 3 nitrogen and oxygen atoms in total. The average molecular weight is 257 g/mol. The van der Waals surface area contributed by atoms with E-state index in [0.29, 0.717) is 4.47 Å². The van der Waals surface area contributed by atoms with Gasteiger partial charge in [-0.2, -0.15) is 5.26 Å². The van der Waals surface area contributed by atoms with Crippen LogP contribution in [-0.2, 0) is 0 Å². The quantitative estimate of drug-likeness (QED) is 0.822. The summed E-state index contributed by atoms with van der Waals surface area (Å²) in [4.78, 5) is 11.3. The lowest BCUT2D eigenvalue weighted by atomic mass is 10.2. The molecule has 0 bridgehead atoms. The zero-order valence-corrected chi connectivity index (χ0v) is 8.64. The molecule has 0 spiro atoms. The Kier molecular flexibility index (Phi) is 3.60. The van der Waals surface area contributed by atoms with Gasteiger partial charge in [0.1, 0.15) is 12.4 Å². The summed E-state index contributed by atoms with van der Waals surface area (Å²) in [5.41, 5.74) is -0.0744. The molecule has 0 heterocycles. The van der Waals surface area contributed by atoms with Gasteiger partial charge in [0.15, 0.2) is 0 Å². The molecule has 14 heavy (non-hydrogen) atoms. The maximum absolute atomic E-state index is 13.1. The van der Waals surface area contributed by atoms with Crippen LogP contribution in [0.3, 0.4) is 0 Å². The van der Waals surface area contributed by atoms with Gasteiger partial charge in [0.05, 0.1) is 11.6 Å². The first-order valence-corrected chi connectivity index (χ1v) is 4.54. The van der Waals surface area contributed by atoms with Crippen LogP contribution in [0.15, 0.2) is 22.7 Å². The Hall–Kier alpha value is -1.41. The Morgan fingerprint density at radius 1 is 1.64 bits per heavy atom. The molecule has 1 amide bonds. The van der Waals surface area contributed by atoms with E-state index in [2.05, 4.69) is 21.2 Å². The van der Waals surface area contributed by atoms with Crippen molar-refractivity contribution in [3.63, 3.8) is 0 Å². The lowest BCUT2D eigenvalue weighted by molar-refractivity contribution is 0.0954. The number of nitriles is 1. The summed E-state index contributed by atoms with van der Waals surface area (Å²) in [6, 6.07) is 5.78. The minimum Gasteiger partial charge on any atom is -0.339 e. The van der Waals surface area contributed by atoms with Crippen LogP contribution in [0, 0.1) is 17.1 Å². The molecule has 0 atom stereocenters. The van der Waals surface area contributed by atoms with E-state index in [-0.39, 0.29) is 12.1 Å². The summed E-state index contributed by atoms with van der Waals surface area (Å²) in [5.74, 6) is -1.20. The standard InChI is InChI=1S/C9H6BrFN2O/c10-6-1-2-8(11)7(5-6)9(14)13-4-3-12/h1-2,5H,4H2,(H,13,14). The Morgan fingerprint density at radius 3 is 3.00 bits per heavy atom. The van der Waals surface area contributed by atoms with E-state index in [0.717, 1.165) is 0 Å². The summed E-state index contributed by atoms with van der Waals surface area (Å²) in [7, 11) is 0. The van der Waals surface area contributed by atoms with E-state index in [1.54, 1.807) is 6.07 Å². The number of nitrogens with zero attached hydrogens (tertiary/aromatic N) is 1. The third-order valence-corrected chi connectivity index (χ3v) is 1.99. The van der Waals surface area contributed by atoms with Gasteiger partial charge < -0.3 is 5.32 Å². The molecule has 0 fully saturated rings. The first-order chi connectivity index (χ1) is 6.65. The summed E-state index contributed by atoms with van der Waals surface area (Å²) >= 11 is 3.12. The molecule has 0 aromatic heterocycles. The molecule has 0 unspecified atom stereocenters. The largest absolute Gasteiger partial charge is 0.339 e. The normalized spacial score (nSPS) is 9.21. The van der Waals surface area contributed by atoms with Crippen molar-refractivity contribution in [2.75, 3.05) is 6.54 Å². The number of benzene rings is 1.